The number of rotatable bonds is 3. The fraction of sp³-hybridized carbons (Fsp3) is 0.778. The molecule has 0 aliphatic heterocycles. The van der Waals surface area contributed by atoms with E-state index in [0.717, 1.165) is 0 Å². The Bertz CT molecular complexity index is 119. The van der Waals surface area contributed by atoms with Gasteiger partial charge in [0.1, 0.15) is 0 Å². The van der Waals surface area contributed by atoms with Crippen molar-refractivity contribution in [2.24, 2.45) is 0 Å². The van der Waals surface area contributed by atoms with E-state index in [4.69, 9.17) is 0 Å². The molecule has 0 radical (unpaired) electrons. The summed E-state index contributed by atoms with van der Waals surface area (Å²) in [7, 11) is -0.928. The van der Waals surface area contributed by atoms with Gasteiger partial charge in [0.2, 0.25) is 0 Å². The summed E-state index contributed by atoms with van der Waals surface area (Å²) in [6, 6.07) is 1.43. The molecule has 0 spiro atoms. The van der Waals surface area contributed by atoms with E-state index in [-0.39, 0.29) is 0 Å². The molecule has 0 rings (SSSR count). The zero-order valence-corrected chi connectivity index (χ0v) is 8.99. The molecule has 0 aliphatic rings. The molecule has 0 bridgehead atoms. The molecular weight excluding hydrogens is 136 g/mol. The van der Waals surface area contributed by atoms with Crippen LogP contribution in [-0.2, 0) is 0 Å². The van der Waals surface area contributed by atoms with Gasteiger partial charge in [0.25, 0.3) is 0 Å². The van der Waals surface area contributed by atoms with Crippen LogP contribution in [0, 0.1) is 0 Å². The maximum atomic E-state index is 2.50. The van der Waals surface area contributed by atoms with Gasteiger partial charge in [0.05, 0.1) is 8.07 Å². The Balaban J connectivity index is 3.98. The first kappa shape index (κ1) is 9.96. The van der Waals surface area contributed by atoms with Crippen molar-refractivity contribution >= 4 is 8.07 Å². The van der Waals surface area contributed by atoms with Gasteiger partial charge in [0.15, 0.2) is 0 Å². The van der Waals surface area contributed by atoms with E-state index in [2.05, 4.69) is 39.6 Å². The van der Waals surface area contributed by atoms with E-state index in [1.807, 2.05) is 0 Å². The molecule has 0 aromatic heterocycles. The summed E-state index contributed by atoms with van der Waals surface area (Å²) in [5.74, 6) is 0. The van der Waals surface area contributed by atoms with Crippen LogP contribution in [0.5, 0.6) is 0 Å². The zero-order valence-electron chi connectivity index (χ0n) is 7.99. The second-order valence-corrected chi connectivity index (χ2v) is 8.73. The minimum atomic E-state index is -0.928. The summed E-state index contributed by atoms with van der Waals surface area (Å²) in [5, 5.41) is 0. The van der Waals surface area contributed by atoms with Crippen molar-refractivity contribution in [1.82, 2.24) is 0 Å². The Morgan fingerprint density at radius 3 is 2.10 bits per heavy atom. The van der Waals surface area contributed by atoms with Crippen LogP contribution in [-0.4, -0.2) is 8.07 Å². The highest BCUT2D eigenvalue weighted by molar-refractivity contribution is 6.82. The van der Waals surface area contributed by atoms with Crippen LogP contribution >= 0.6 is 0 Å². The normalized spacial score (nSPS) is 11.3. The van der Waals surface area contributed by atoms with E-state index in [9.17, 15) is 0 Å². The lowest BCUT2D eigenvalue weighted by Crippen LogP contribution is -2.21. The Morgan fingerprint density at radius 1 is 1.30 bits per heavy atom. The lowest BCUT2D eigenvalue weighted by atomic mass is 10.4. The molecule has 0 aromatic carbocycles. The van der Waals surface area contributed by atoms with Gasteiger partial charge in [0, 0.05) is 0 Å². The summed E-state index contributed by atoms with van der Waals surface area (Å²) in [4.78, 5) is 0. The lowest BCUT2D eigenvalue weighted by molar-refractivity contribution is 1.05. The van der Waals surface area contributed by atoms with Gasteiger partial charge in [-0.05, 0) is 13.8 Å². The molecule has 0 amide bonds. The number of hydrogen-bond acceptors (Lipinski definition) is 0. The molecule has 0 aromatic rings. The molecule has 0 saturated heterocycles. The van der Waals surface area contributed by atoms with Crippen molar-refractivity contribution in [3.05, 3.63) is 11.3 Å². The molecule has 0 unspecified atom stereocenters. The summed E-state index contributed by atoms with van der Waals surface area (Å²) in [5.41, 5.74) is 3.99. The molecule has 1 heteroatoms. The van der Waals surface area contributed by atoms with Crippen molar-refractivity contribution in [3.63, 3.8) is 0 Å². The minimum absolute atomic E-state index is 0.928. The van der Waals surface area contributed by atoms with Crippen molar-refractivity contribution in [3.8, 4) is 0 Å². The maximum Gasteiger partial charge on any atom is 0.0716 e. The lowest BCUT2D eigenvalue weighted by Gasteiger charge is -2.16. The average Bonchev–Trinajstić information content (AvgIpc) is 1.59. The first-order valence-corrected chi connectivity index (χ1v) is 7.42. The van der Waals surface area contributed by atoms with Crippen LogP contribution < -0.4 is 0 Å². The third-order valence-electron chi connectivity index (χ3n) is 1.57. The van der Waals surface area contributed by atoms with E-state index in [1.165, 1.54) is 18.0 Å². The van der Waals surface area contributed by atoms with E-state index < -0.39 is 8.07 Å². The van der Waals surface area contributed by atoms with Gasteiger partial charge in [-0.25, -0.2) is 0 Å². The van der Waals surface area contributed by atoms with E-state index in [1.54, 1.807) is 0 Å². The van der Waals surface area contributed by atoms with E-state index >= 15 is 0 Å². The second-order valence-electron chi connectivity index (χ2n) is 3.96. The standard InChI is InChI=1S/C9H20Si/c1-6-7-10(4,5)8-9(2)3/h8H,6-7H2,1-5H3. The van der Waals surface area contributed by atoms with Gasteiger partial charge in [-0.2, -0.15) is 0 Å². The Morgan fingerprint density at radius 2 is 1.80 bits per heavy atom. The van der Waals surface area contributed by atoms with Crippen molar-refractivity contribution in [2.45, 2.75) is 46.3 Å². The Kier molecular flexibility index (Phi) is 3.95. The molecule has 0 saturated carbocycles. The summed E-state index contributed by atoms with van der Waals surface area (Å²) < 4.78 is 0. The fourth-order valence-electron chi connectivity index (χ4n) is 1.50. The van der Waals surface area contributed by atoms with E-state index in [0.29, 0.717) is 0 Å². The van der Waals surface area contributed by atoms with Crippen molar-refractivity contribution < 1.29 is 0 Å². The average molecular weight is 156 g/mol. The molecular formula is C9H20Si. The smallest absolute Gasteiger partial charge is 0.0716 e. The summed E-state index contributed by atoms with van der Waals surface area (Å²) in [6.07, 6.45) is 1.34. The molecule has 0 fully saturated rings. The van der Waals surface area contributed by atoms with Gasteiger partial charge in [-0.3, -0.25) is 0 Å². The van der Waals surface area contributed by atoms with Gasteiger partial charge < -0.3 is 0 Å². The van der Waals surface area contributed by atoms with Crippen molar-refractivity contribution in [1.29, 1.82) is 0 Å². The first-order valence-electron chi connectivity index (χ1n) is 4.14. The number of allylic oxidation sites excluding steroid dienone is 1. The molecule has 60 valence electrons. The molecule has 0 heterocycles. The van der Waals surface area contributed by atoms with Gasteiger partial charge in [-0.15, -0.1) is 0 Å². The fourth-order valence-corrected chi connectivity index (χ4v) is 4.49. The minimum Gasteiger partial charge on any atom is -0.0961 e. The largest absolute Gasteiger partial charge is 0.0961 e. The van der Waals surface area contributed by atoms with Gasteiger partial charge in [-0.1, -0.05) is 43.8 Å². The zero-order chi connectivity index (χ0) is 8.20. The number of hydrogen-bond donors (Lipinski definition) is 0. The van der Waals surface area contributed by atoms with Gasteiger partial charge >= 0.3 is 0 Å². The van der Waals surface area contributed by atoms with Crippen LogP contribution in [0.2, 0.25) is 19.1 Å². The highest BCUT2D eigenvalue weighted by Gasteiger charge is 2.14. The third-order valence-corrected chi connectivity index (χ3v) is 4.72. The molecule has 0 atom stereocenters. The van der Waals surface area contributed by atoms with Crippen LogP contribution in [0.15, 0.2) is 11.3 Å². The third kappa shape index (κ3) is 4.80. The molecule has 0 nitrogen and oxygen atoms in total. The molecule has 0 aliphatic carbocycles. The highest BCUT2D eigenvalue weighted by atomic mass is 28.3. The Labute approximate surface area is 66.4 Å². The molecule has 10 heavy (non-hydrogen) atoms. The monoisotopic (exact) mass is 156 g/mol. The summed E-state index contributed by atoms with van der Waals surface area (Å²) >= 11 is 0. The van der Waals surface area contributed by atoms with Crippen LogP contribution in [0.3, 0.4) is 0 Å². The van der Waals surface area contributed by atoms with Crippen LogP contribution in [0.4, 0.5) is 0 Å². The van der Waals surface area contributed by atoms with Crippen molar-refractivity contribution in [2.75, 3.05) is 0 Å². The predicted octanol–water partition coefficient (Wildman–Crippen LogP) is 3.61. The summed E-state index contributed by atoms with van der Waals surface area (Å²) in [6.45, 7) is 11.5. The second kappa shape index (κ2) is 3.97. The van der Waals surface area contributed by atoms with Crippen LogP contribution in [0.1, 0.15) is 27.2 Å². The molecule has 0 N–H and O–H groups in total. The van der Waals surface area contributed by atoms with Crippen LogP contribution in [0.25, 0.3) is 0 Å². The maximum absolute atomic E-state index is 2.50. The SMILES string of the molecule is CCC[Si](C)(C)C=C(C)C. The predicted molar refractivity (Wildman–Crippen MR) is 52.0 cm³/mol. The Hall–Kier alpha value is -0.0431. The quantitative estimate of drug-likeness (QED) is 0.548. The topological polar surface area (TPSA) is 0 Å². The highest BCUT2D eigenvalue weighted by Crippen LogP contribution is 2.14. The first-order chi connectivity index (χ1) is 4.48.